The number of aromatic nitrogens is 3. The Bertz CT molecular complexity index is 741. The molecule has 20 heavy (non-hydrogen) atoms. The summed E-state index contributed by atoms with van der Waals surface area (Å²) in [5.41, 5.74) is 7.81. The van der Waals surface area contributed by atoms with E-state index in [1.165, 1.54) is 0 Å². The van der Waals surface area contributed by atoms with Crippen molar-refractivity contribution in [1.82, 2.24) is 20.4 Å². The first-order valence-corrected chi connectivity index (χ1v) is 6.37. The number of pyridine rings is 1. The lowest BCUT2D eigenvalue weighted by Gasteiger charge is -2.18. The maximum Gasteiger partial charge on any atom is 0.0890 e. The summed E-state index contributed by atoms with van der Waals surface area (Å²) in [6, 6.07) is 7.82. The molecule has 0 saturated carbocycles. The molecule has 0 amide bonds. The van der Waals surface area contributed by atoms with Gasteiger partial charge in [0.15, 0.2) is 0 Å². The van der Waals surface area contributed by atoms with Crippen LogP contribution in [0.4, 0.5) is 0 Å². The van der Waals surface area contributed by atoms with E-state index < -0.39 is 0 Å². The molecule has 0 spiro atoms. The Morgan fingerprint density at radius 2 is 1.85 bits per heavy atom. The van der Waals surface area contributed by atoms with Crippen molar-refractivity contribution in [2.45, 2.75) is 13.0 Å². The topological polar surface area (TPSA) is 76.7 Å². The number of aryl methyl sites for hydroxylation is 1. The number of hydrogen-bond acceptors (Lipinski definition) is 5. The molecule has 5 heteroatoms. The Labute approximate surface area is 116 Å². The van der Waals surface area contributed by atoms with E-state index in [4.69, 9.17) is 5.84 Å². The Morgan fingerprint density at radius 1 is 1.05 bits per heavy atom. The van der Waals surface area contributed by atoms with Crippen LogP contribution in [0.3, 0.4) is 0 Å². The van der Waals surface area contributed by atoms with E-state index in [9.17, 15) is 0 Å². The fraction of sp³-hybridized carbons (Fsp3) is 0.133. The molecule has 0 fully saturated rings. The molecule has 0 bridgehead atoms. The summed E-state index contributed by atoms with van der Waals surface area (Å²) in [4.78, 5) is 12.8. The number of nitrogens with one attached hydrogen (secondary N) is 1. The third-order valence-electron chi connectivity index (χ3n) is 3.38. The highest BCUT2D eigenvalue weighted by Gasteiger charge is 2.15. The van der Waals surface area contributed by atoms with Gasteiger partial charge in [-0.2, -0.15) is 0 Å². The predicted molar refractivity (Wildman–Crippen MR) is 77.7 cm³/mol. The molecule has 2 heterocycles. The second-order valence-electron chi connectivity index (χ2n) is 4.64. The van der Waals surface area contributed by atoms with Crippen LogP contribution in [0.25, 0.3) is 11.0 Å². The highest BCUT2D eigenvalue weighted by atomic mass is 15.2. The molecule has 2 aromatic heterocycles. The number of benzene rings is 1. The smallest absolute Gasteiger partial charge is 0.0890 e. The molecule has 5 nitrogen and oxygen atoms in total. The molecule has 3 rings (SSSR count). The Morgan fingerprint density at radius 3 is 2.60 bits per heavy atom. The van der Waals surface area contributed by atoms with Gasteiger partial charge in [0, 0.05) is 24.8 Å². The lowest BCUT2D eigenvalue weighted by Crippen LogP contribution is -2.29. The predicted octanol–water partition coefficient (Wildman–Crippen LogP) is 1.89. The minimum atomic E-state index is -0.116. The van der Waals surface area contributed by atoms with Gasteiger partial charge in [0.25, 0.3) is 0 Å². The van der Waals surface area contributed by atoms with Crippen LogP contribution in [0.5, 0.6) is 0 Å². The number of fused-ring (bicyclic) bond motifs is 1. The molecular formula is C15H15N5. The lowest BCUT2D eigenvalue weighted by atomic mass is 9.97. The van der Waals surface area contributed by atoms with Gasteiger partial charge in [-0.3, -0.25) is 20.8 Å². The van der Waals surface area contributed by atoms with Crippen molar-refractivity contribution in [2.24, 2.45) is 5.84 Å². The molecule has 1 aromatic carbocycles. The number of nitrogens with two attached hydrogens (primary N) is 1. The average Bonchev–Trinajstić information content (AvgIpc) is 2.50. The van der Waals surface area contributed by atoms with Gasteiger partial charge >= 0.3 is 0 Å². The standard InChI is InChI=1S/C15H15N5/c1-10-4-5-17-9-12(10)15(20-16)11-2-3-13-14(8-11)19-7-6-18-13/h2-9,15,20H,16H2,1H3. The number of nitrogens with zero attached hydrogens (tertiary/aromatic N) is 3. The zero-order chi connectivity index (χ0) is 13.9. The molecule has 0 radical (unpaired) electrons. The summed E-state index contributed by atoms with van der Waals surface area (Å²) in [6.07, 6.45) is 6.98. The summed E-state index contributed by atoms with van der Waals surface area (Å²) < 4.78 is 0. The monoisotopic (exact) mass is 265 g/mol. The first-order valence-electron chi connectivity index (χ1n) is 6.37. The maximum absolute atomic E-state index is 5.74. The zero-order valence-electron chi connectivity index (χ0n) is 11.1. The molecule has 1 atom stereocenters. The Balaban J connectivity index is 2.10. The molecule has 100 valence electrons. The molecule has 0 aliphatic rings. The first-order chi connectivity index (χ1) is 9.79. The molecule has 1 unspecified atom stereocenters. The van der Waals surface area contributed by atoms with Gasteiger partial charge in [0.05, 0.1) is 17.1 Å². The molecule has 0 aliphatic heterocycles. The number of rotatable bonds is 3. The Kier molecular flexibility index (Phi) is 3.37. The normalized spacial score (nSPS) is 12.5. The zero-order valence-corrected chi connectivity index (χ0v) is 11.1. The lowest BCUT2D eigenvalue weighted by molar-refractivity contribution is 0.632. The van der Waals surface area contributed by atoms with E-state index in [0.717, 1.165) is 27.7 Å². The van der Waals surface area contributed by atoms with Crippen molar-refractivity contribution < 1.29 is 0 Å². The van der Waals surface area contributed by atoms with Gasteiger partial charge in [0.1, 0.15) is 0 Å². The summed E-state index contributed by atoms with van der Waals surface area (Å²) in [7, 11) is 0. The largest absolute Gasteiger partial charge is 0.271 e. The van der Waals surface area contributed by atoms with E-state index >= 15 is 0 Å². The average molecular weight is 265 g/mol. The van der Waals surface area contributed by atoms with Gasteiger partial charge in [-0.15, -0.1) is 0 Å². The first kappa shape index (κ1) is 12.7. The van der Waals surface area contributed by atoms with E-state index in [1.807, 2.05) is 37.4 Å². The molecule has 3 aromatic rings. The highest BCUT2D eigenvalue weighted by Crippen LogP contribution is 2.25. The summed E-state index contributed by atoms with van der Waals surface area (Å²) in [5, 5.41) is 0. The number of hydrogen-bond donors (Lipinski definition) is 2. The van der Waals surface area contributed by atoms with E-state index in [0.29, 0.717) is 0 Å². The van der Waals surface area contributed by atoms with Crippen LogP contribution in [-0.2, 0) is 0 Å². The summed E-state index contributed by atoms with van der Waals surface area (Å²) in [5.74, 6) is 5.74. The minimum Gasteiger partial charge on any atom is -0.271 e. The third kappa shape index (κ3) is 2.24. The van der Waals surface area contributed by atoms with Gasteiger partial charge in [0.2, 0.25) is 0 Å². The van der Waals surface area contributed by atoms with Crippen LogP contribution in [0, 0.1) is 6.92 Å². The molecule has 3 N–H and O–H groups in total. The molecule has 0 saturated heterocycles. The Hall–Kier alpha value is -2.37. The van der Waals surface area contributed by atoms with Crippen molar-refractivity contribution >= 4 is 11.0 Å². The van der Waals surface area contributed by atoms with E-state index in [1.54, 1.807) is 18.6 Å². The van der Waals surface area contributed by atoms with Crippen molar-refractivity contribution in [3.8, 4) is 0 Å². The quantitative estimate of drug-likeness (QED) is 0.558. The van der Waals surface area contributed by atoms with Crippen molar-refractivity contribution in [2.75, 3.05) is 0 Å². The van der Waals surface area contributed by atoms with Gasteiger partial charge in [-0.1, -0.05) is 6.07 Å². The van der Waals surface area contributed by atoms with Crippen molar-refractivity contribution in [3.05, 3.63) is 65.7 Å². The summed E-state index contributed by atoms with van der Waals surface area (Å²) >= 11 is 0. The van der Waals surface area contributed by atoms with Gasteiger partial charge in [-0.25, -0.2) is 5.43 Å². The highest BCUT2D eigenvalue weighted by molar-refractivity contribution is 5.74. The summed E-state index contributed by atoms with van der Waals surface area (Å²) in [6.45, 7) is 2.04. The van der Waals surface area contributed by atoms with Crippen LogP contribution in [0.2, 0.25) is 0 Å². The third-order valence-corrected chi connectivity index (χ3v) is 3.38. The van der Waals surface area contributed by atoms with Crippen molar-refractivity contribution in [1.29, 1.82) is 0 Å². The fourth-order valence-electron chi connectivity index (χ4n) is 2.30. The maximum atomic E-state index is 5.74. The molecule has 0 aliphatic carbocycles. The number of hydrazine groups is 1. The van der Waals surface area contributed by atoms with Crippen LogP contribution >= 0.6 is 0 Å². The van der Waals surface area contributed by atoms with Gasteiger partial charge < -0.3 is 0 Å². The van der Waals surface area contributed by atoms with Crippen molar-refractivity contribution in [3.63, 3.8) is 0 Å². The van der Waals surface area contributed by atoms with Gasteiger partial charge in [-0.05, 0) is 41.8 Å². The second kappa shape index (κ2) is 5.32. The van der Waals surface area contributed by atoms with Crippen LogP contribution < -0.4 is 11.3 Å². The van der Waals surface area contributed by atoms with E-state index in [-0.39, 0.29) is 6.04 Å². The SMILES string of the molecule is Cc1ccncc1C(NN)c1ccc2nccnc2c1. The van der Waals surface area contributed by atoms with E-state index in [2.05, 4.69) is 20.4 Å². The van der Waals surface area contributed by atoms with Crippen LogP contribution in [0.1, 0.15) is 22.7 Å². The second-order valence-corrected chi connectivity index (χ2v) is 4.64. The fourth-order valence-corrected chi connectivity index (χ4v) is 2.30. The van der Waals surface area contributed by atoms with Crippen LogP contribution in [0.15, 0.2) is 49.1 Å². The minimum absolute atomic E-state index is 0.116. The van der Waals surface area contributed by atoms with Crippen LogP contribution in [-0.4, -0.2) is 15.0 Å². The molecular weight excluding hydrogens is 250 g/mol.